The Hall–Kier alpha value is -1.58. The SMILES string of the molecule is Cc1ccc(NC(=S)Nc2ccc(Cl)cc2C)cc1C. The molecule has 2 aromatic rings. The molecular weight excluding hydrogens is 288 g/mol. The molecule has 0 saturated heterocycles. The van der Waals surface area contributed by atoms with Gasteiger partial charge in [0, 0.05) is 16.4 Å². The second kappa shape index (κ2) is 6.25. The van der Waals surface area contributed by atoms with Gasteiger partial charge in [0.15, 0.2) is 5.11 Å². The average Bonchev–Trinajstić information content (AvgIpc) is 2.37. The molecule has 20 heavy (non-hydrogen) atoms. The zero-order chi connectivity index (χ0) is 14.7. The van der Waals surface area contributed by atoms with Crippen LogP contribution in [0.2, 0.25) is 5.02 Å². The van der Waals surface area contributed by atoms with E-state index < -0.39 is 0 Å². The molecule has 2 N–H and O–H groups in total. The summed E-state index contributed by atoms with van der Waals surface area (Å²) in [6.45, 7) is 6.17. The highest BCUT2D eigenvalue weighted by molar-refractivity contribution is 7.80. The first-order valence-electron chi connectivity index (χ1n) is 6.37. The van der Waals surface area contributed by atoms with E-state index in [1.54, 1.807) is 0 Å². The zero-order valence-corrected chi connectivity index (χ0v) is 13.3. The van der Waals surface area contributed by atoms with E-state index in [1.165, 1.54) is 11.1 Å². The molecule has 0 fully saturated rings. The van der Waals surface area contributed by atoms with Gasteiger partial charge in [0.05, 0.1) is 0 Å². The Bertz CT molecular complexity index is 653. The molecule has 2 aromatic carbocycles. The second-order valence-corrected chi connectivity index (χ2v) is 5.68. The lowest BCUT2D eigenvalue weighted by atomic mass is 10.1. The van der Waals surface area contributed by atoms with E-state index in [0.29, 0.717) is 5.11 Å². The van der Waals surface area contributed by atoms with E-state index in [9.17, 15) is 0 Å². The van der Waals surface area contributed by atoms with Crippen LogP contribution < -0.4 is 10.6 Å². The second-order valence-electron chi connectivity index (χ2n) is 4.84. The van der Waals surface area contributed by atoms with E-state index in [2.05, 4.69) is 36.6 Å². The molecular formula is C16H17ClN2S. The Kier molecular flexibility index (Phi) is 4.63. The van der Waals surface area contributed by atoms with Crippen molar-refractivity contribution in [3.05, 3.63) is 58.1 Å². The molecule has 0 aliphatic heterocycles. The van der Waals surface area contributed by atoms with E-state index >= 15 is 0 Å². The van der Waals surface area contributed by atoms with Gasteiger partial charge in [0.25, 0.3) is 0 Å². The first kappa shape index (κ1) is 14.8. The van der Waals surface area contributed by atoms with Crippen molar-refractivity contribution in [1.29, 1.82) is 0 Å². The monoisotopic (exact) mass is 304 g/mol. The maximum absolute atomic E-state index is 5.94. The van der Waals surface area contributed by atoms with Crippen LogP contribution in [0, 0.1) is 20.8 Å². The van der Waals surface area contributed by atoms with Crippen LogP contribution in [0.4, 0.5) is 11.4 Å². The number of aryl methyl sites for hydroxylation is 3. The van der Waals surface area contributed by atoms with E-state index in [0.717, 1.165) is 22.0 Å². The number of rotatable bonds is 2. The van der Waals surface area contributed by atoms with Crippen LogP contribution >= 0.6 is 23.8 Å². The Labute approximate surface area is 130 Å². The molecule has 0 heterocycles. The Morgan fingerprint density at radius 2 is 1.65 bits per heavy atom. The van der Waals surface area contributed by atoms with E-state index in [-0.39, 0.29) is 0 Å². The lowest BCUT2D eigenvalue weighted by Gasteiger charge is -2.13. The predicted octanol–water partition coefficient (Wildman–Crippen LogP) is 5.07. The molecule has 0 aromatic heterocycles. The number of benzene rings is 2. The number of halogens is 1. The minimum atomic E-state index is 0.568. The Morgan fingerprint density at radius 1 is 0.900 bits per heavy atom. The molecule has 0 bridgehead atoms. The van der Waals surface area contributed by atoms with Gasteiger partial charge in [0.1, 0.15) is 0 Å². The van der Waals surface area contributed by atoms with Crippen LogP contribution in [-0.2, 0) is 0 Å². The fourth-order valence-corrected chi connectivity index (χ4v) is 2.33. The molecule has 4 heteroatoms. The normalized spacial score (nSPS) is 10.2. The Balaban J connectivity index is 2.07. The van der Waals surface area contributed by atoms with Gasteiger partial charge in [-0.2, -0.15) is 0 Å². The predicted molar refractivity (Wildman–Crippen MR) is 91.9 cm³/mol. The largest absolute Gasteiger partial charge is 0.332 e. The van der Waals surface area contributed by atoms with Crippen molar-refractivity contribution in [2.45, 2.75) is 20.8 Å². The van der Waals surface area contributed by atoms with Crippen LogP contribution in [0.15, 0.2) is 36.4 Å². The summed E-state index contributed by atoms with van der Waals surface area (Å²) in [5, 5.41) is 7.66. The number of thiocarbonyl (C=S) groups is 1. The molecule has 0 spiro atoms. The highest BCUT2D eigenvalue weighted by Crippen LogP contribution is 2.20. The first-order chi connectivity index (χ1) is 9.45. The highest BCUT2D eigenvalue weighted by atomic mass is 35.5. The summed E-state index contributed by atoms with van der Waals surface area (Å²) in [6, 6.07) is 11.8. The van der Waals surface area contributed by atoms with Gasteiger partial charge >= 0.3 is 0 Å². The molecule has 0 unspecified atom stereocenters. The van der Waals surface area contributed by atoms with Crippen LogP contribution in [0.5, 0.6) is 0 Å². The van der Waals surface area contributed by atoms with Gasteiger partial charge in [-0.3, -0.25) is 0 Å². The third kappa shape index (κ3) is 3.71. The van der Waals surface area contributed by atoms with Crippen LogP contribution in [-0.4, -0.2) is 5.11 Å². The summed E-state index contributed by atoms with van der Waals surface area (Å²) < 4.78 is 0. The molecule has 0 atom stereocenters. The van der Waals surface area contributed by atoms with Crippen molar-refractivity contribution >= 4 is 40.3 Å². The summed E-state index contributed by atoms with van der Waals surface area (Å²) in [5.41, 5.74) is 5.50. The molecule has 0 radical (unpaired) electrons. The van der Waals surface area contributed by atoms with Crippen LogP contribution in [0.25, 0.3) is 0 Å². The third-order valence-electron chi connectivity index (χ3n) is 3.20. The fraction of sp³-hybridized carbons (Fsp3) is 0.188. The van der Waals surface area contributed by atoms with Crippen molar-refractivity contribution in [1.82, 2.24) is 0 Å². The maximum atomic E-state index is 5.94. The third-order valence-corrected chi connectivity index (χ3v) is 3.64. The summed E-state index contributed by atoms with van der Waals surface area (Å²) in [4.78, 5) is 0. The number of hydrogen-bond donors (Lipinski definition) is 2. The van der Waals surface area contributed by atoms with Gasteiger partial charge in [-0.15, -0.1) is 0 Å². The summed E-state index contributed by atoms with van der Waals surface area (Å²) in [6.07, 6.45) is 0. The summed E-state index contributed by atoms with van der Waals surface area (Å²) in [5.74, 6) is 0. The van der Waals surface area contributed by atoms with Gasteiger partial charge < -0.3 is 10.6 Å². The van der Waals surface area contributed by atoms with Gasteiger partial charge in [-0.25, -0.2) is 0 Å². The van der Waals surface area contributed by atoms with Crippen molar-refractivity contribution in [2.75, 3.05) is 10.6 Å². The zero-order valence-electron chi connectivity index (χ0n) is 11.8. The lowest BCUT2D eigenvalue weighted by molar-refractivity contribution is 1.34. The highest BCUT2D eigenvalue weighted by Gasteiger charge is 2.03. The number of anilines is 2. The molecule has 104 valence electrons. The smallest absolute Gasteiger partial charge is 0.175 e. The molecule has 2 nitrogen and oxygen atoms in total. The maximum Gasteiger partial charge on any atom is 0.175 e. The van der Waals surface area contributed by atoms with Gasteiger partial charge in [-0.1, -0.05) is 17.7 Å². The number of nitrogens with one attached hydrogen (secondary N) is 2. The van der Waals surface area contributed by atoms with Crippen molar-refractivity contribution in [3.63, 3.8) is 0 Å². The number of hydrogen-bond acceptors (Lipinski definition) is 1. The average molecular weight is 305 g/mol. The van der Waals surface area contributed by atoms with Crippen molar-refractivity contribution in [3.8, 4) is 0 Å². The first-order valence-corrected chi connectivity index (χ1v) is 7.16. The fourth-order valence-electron chi connectivity index (χ4n) is 1.87. The van der Waals surface area contributed by atoms with Crippen LogP contribution in [0.3, 0.4) is 0 Å². The Morgan fingerprint density at radius 3 is 2.30 bits per heavy atom. The lowest BCUT2D eigenvalue weighted by Crippen LogP contribution is -2.19. The quantitative estimate of drug-likeness (QED) is 0.757. The van der Waals surface area contributed by atoms with Crippen molar-refractivity contribution in [2.24, 2.45) is 0 Å². The topological polar surface area (TPSA) is 24.1 Å². The van der Waals surface area contributed by atoms with Gasteiger partial charge in [0.2, 0.25) is 0 Å². The van der Waals surface area contributed by atoms with E-state index in [1.807, 2.05) is 31.2 Å². The molecule has 2 rings (SSSR count). The molecule has 0 amide bonds. The molecule has 0 saturated carbocycles. The minimum Gasteiger partial charge on any atom is -0.332 e. The van der Waals surface area contributed by atoms with Crippen LogP contribution in [0.1, 0.15) is 16.7 Å². The minimum absolute atomic E-state index is 0.568. The molecule has 0 aliphatic rings. The standard InChI is InChI=1S/C16H17ClN2S/c1-10-4-6-14(9-11(10)2)18-16(20)19-15-7-5-13(17)8-12(15)3/h4-9H,1-3H3,(H2,18,19,20). The van der Waals surface area contributed by atoms with Crippen molar-refractivity contribution < 1.29 is 0 Å². The van der Waals surface area contributed by atoms with E-state index in [4.69, 9.17) is 23.8 Å². The summed E-state index contributed by atoms with van der Waals surface area (Å²) >= 11 is 11.3. The molecule has 0 aliphatic carbocycles. The van der Waals surface area contributed by atoms with Gasteiger partial charge in [-0.05, 0) is 80.0 Å². The summed E-state index contributed by atoms with van der Waals surface area (Å²) in [7, 11) is 0.